The van der Waals surface area contributed by atoms with Crippen LogP contribution in [0.15, 0.2) is 36.1 Å². The van der Waals surface area contributed by atoms with Crippen LogP contribution >= 0.6 is 0 Å². The second-order valence-electron chi connectivity index (χ2n) is 5.48. The van der Waals surface area contributed by atoms with Crippen LogP contribution in [0.4, 0.5) is 18.9 Å². The van der Waals surface area contributed by atoms with E-state index in [-0.39, 0.29) is 19.6 Å². The fraction of sp³-hybridized carbons (Fsp3) is 0.438. The van der Waals surface area contributed by atoms with Crippen molar-refractivity contribution in [1.82, 2.24) is 0 Å². The molecular weight excluding hydrogens is 391 g/mol. The first-order valence-electron chi connectivity index (χ1n) is 7.86. The van der Waals surface area contributed by atoms with Crippen LogP contribution < -0.4 is 9.64 Å². The summed E-state index contributed by atoms with van der Waals surface area (Å²) in [7, 11) is -4.31. The van der Waals surface area contributed by atoms with Gasteiger partial charge in [-0.2, -0.15) is 21.6 Å². The van der Waals surface area contributed by atoms with Crippen molar-refractivity contribution < 1.29 is 40.0 Å². The molecule has 2 rings (SSSR count). The number of ether oxygens (including phenoxy) is 2. The molecule has 0 spiro atoms. The number of carbonyl (C=O) groups excluding carboxylic acids is 1. The first-order valence-corrected chi connectivity index (χ1v) is 9.27. The Bertz CT molecular complexity index is 804. The Morgan fingerprint density at radius 1 is 1.26 bits per heavy atom. The molecule has 1 aromatic rings. The number of esters is 1. The van der Waals surface area contributed by atoms with Gasteiger partial charge in [-0.05, 0) is 37.3 Å². The molecule has 1 aliphatic rings. The van der Waals surface area contributed by atoms with Gasteiger partial charge in [0.1, 0.15) is 17.6 Å². The van der Waals surface area contributed by atoms with Crippen LogP contribution in [-0.2, 0) is 23.8 Å². The molecule has 0 aromatic heterocycles. The molecule has 0 amide bonds. The van der Waals surface area contributed by atoms with Gasteiger partial charge in [-0.15, -0.1) is 0 Å². The minimum atomic E-state index is -5.81. The van der Waals surface area contributed by atoms with Gasteiger partial charge in [-0.25, -0.2) is 4.79 Å². The van der Waals surface area contributed by atoms with Gasteiger partial charge in [0.2, 0.25) is 0 Å². The number of methoxy groups -OCH3 is 1. The SMILES string of the molecule is CCOC(=O)C1CC(OS(=O)(=O)C(F)(F)F)=CCN1c1ccc(OC)cc1. The van der Waals surface area contributed by atoms with Crippen molar-refractivity contribution in [2.24, 2.45) is 0 Å². The van der Waals surface area contributed by atoms with E-state index in [4.69, 9.17) is 9.47 Å². The molecule has 0 saturated heterocycles. The van der Waals surface area contributed by atoms with Crippen LogP contribution in [0.5, 0.6) is 5.75 Å². The summed E-state index contributed by atoms with van der Waals surface area (Å²) in [5, 5.41) is 0. The Morgan fingerprint density at radius 2 is 1.89 bits per heavy atom. The molecule has 7 nitrogen and oxygen atoms in total. The number of carbonyl (C=O) groups is 1. The summed E-state index contributed by atoms with van der Waals surface area (Å²) in [5.41, 5.74) is -4.97. The van der Waals surface area contributed by atoms with Crippen LogP contribution in [0.1, 0.15) is 13.3 Å². The second-order valence-corrected chi connectivity index (χ2v) is 7.01. The highest BCUT2D eigenvalue weighted by Gasteiger charge is 2.49. The van der Waals surface area contributed by atoms with Gasteiger partial charge in [0.05, 0.1) is 13.7 Å². The van der Waals surface area contributed by atoms with Crippen LogP contribution in [0, 0.1) is 0 Å². The van der Waals surface area contributed by atoms with Crippen molar-refractivity contribution in [3.8, 4) is 5.75 Å². The summed E-state index contributed by atoms with van der Waals surface area (Å²) in [4.78, 5) is 13.8. The highest BCUT2D eigenvalue weighted by atomic mass is 32.2. The first kappa shape index (κ1) is 20.9. The largest absolute Gasteiger partial charge is 0.534 e. The molecule has 27 heavy (non-hydrogen) atoms. The lowest BCUT2D eigenvalue weighted by molar-refractivity contribution is -0.145. The van der Waals surface area contributed by atoms with E-state index in [1.54, 1.807) is 36.1 Å². The topological polar surface area (TPSA) is 82.1 Å². The van der Waals surface area contributed by atoms with Crippen molar-refractivity contribution in [3.05, 3.63) is 36.1 Å². The minimum Gasteiger partial charge on any atom is -0.497 e. The predicted octanol–water partition coefficient (Wildman–Crippen LogP) is 2.59. The molecule has 0 N–H and O–H groups in total. The summed E-state index contributed by atoms with van der Waals surface area (Å²) in [6, 6.07) is 5.60. The molecule has 1 atom stereocenters. The highest BCUT2D eigenvalue weighted by Crippen LogP contribution is 2.32. The van der Waals surface area contributed by atoms with E-state index >= 15 is 0 Å². The van der Waals surface area contributed by atoms with Crippen molar-refractivity contribution in [2.75, 3.05) is 25.2 Å². The summed E-state index contributed by atoms with van der Waals surface area (Å²) < 4.78 is 74.2. The molecule has 0 radical (unpaired) electrons. The van der Waals surface area contributed by atoms with Crippen LogP contribution in [0.2, 0.25) is 0 Å². The average molecular weight is 409 g/mol. The fourth-order valence-corrected chi connectivity index (χ4v) is 2.99. The Hall–Kier alpha value is -2.43. The molecular formula is C16H18F3NO6S. The third-order valence-electron chi connectivity index (χ3n) is 3.75. The van der Waals surface area contributed by atoms with Gasteiger partial charge in [0.25, 0.3) is 0 Å². The maximum absolute atomic E-state index is 12.5. The zero-order chi connectivity index (χ0) is 20.2. The van der Waals surface area contributed by atoms with Crippen LogP contribution in [0.3, 0.4) is 0 Å². The molecule has 0 saturated carbocycles. The number of rotatable bonds is 6. The van der Waals surface area contributed by atoms with E-state index < -0.39 is 33.4 Å². The van der Waals surface area contributed by atoms with E-state index in [9.17, 15) is 26.4 Å². The van der Waals surface area contributed by atoms with Crippen LogP contribution in [0.25, 0.3) is 0 Å². The lowest BCUT2D eigenvalue weighted by Gasteiger charge is -2.34. The van der Waals surface area contributed by atoms with Crippen LogP contribution in [-0.4, -0.2) is 46.2 Å². The Kier molecular flexibility index (Phi) is 6.24. The number of halogens is 3. The van der Waals surface area contributed by atoms with Gasteiger partial charge < -0.3 is 18.6 Å². The predicted molar refractivity (Wildman–Crippen MR) is 89.5 cm³/mol. The Balaban J connectivity index is 2.29. The van der Waals surface area contributed by atoms with E-state index in [1.165, 1.54) is 13.2 Å². The minimum absolute atomic E-state index is 0.0431. The first-order chi connectivity index (χ1) is 12.6. The van der Waals surface area contributed by atoms with E-state index in [0.29, 0.717) is 11.4 Å². The van der Waals surface area contributed by atoms with Gasteiger partial charge >= 0.3 is 21.6 Å². The zero-order valence-corrected chi connectivity index (χ0v) is 15.3. The summed E-state index contributed by atoms with van der Waals surface area (Å²) >= 11 is 0. The molecule has 1 aliphatic heterocycles. The van der Waals surface area contributed by atoms with E-state index in [0.717, 1.165) is 0 Å². The number of hydrogen-bond donors (Lipinski definition) is 0. The molecule has 0 bridgehead atoms. The van der Waals surface area contributed by atoms with Gasteiger partial charge in [0.15, 0.2) is 0 Å². The third-order valence-corrected chi connectivity index (χ3v) is 4.75. The molecule has 1 unspecified atom stereocenters. The second kappa shape index (κ2) is 8.07. The Morgan fingerprint density at radius 3 is 2.41 bits per heavy atom. The highest BCUT2D eigenvalue weighted by molar-refractivity contribution is 7.87. The number of anilines is 1. The van der Waals surface area contributed by atoms with Crippen molar-refractivity contribution >= 4 is 21.8 Å². The molecule has 0 aliphatic carbocycles. The average Bonchev–Trinajstić information content (AvgIpc) is 2.61. The number of benzene rings is 1. The molecule has 150 valence electrons. The normalized spacial score (nSPS) is 17.9. The number of alkyl halides is 3. The summed E-state index contributed by atoms with van der Waals surface area (Å²) in [5.74, 6) is -0.582. The van der Waals surface area contributed by atoms with E-state index in [2.05, 4.69) is 4.18 Å². The molecule has 1 aromatic carbocycles. The number of hydrogen-bond acceptors (Lipinski definition) is 7. The van der Waals surface area contributed by atoms with Crippen molar-refractivity contribution in [2.45, 2.75) is 24.9 Å². The lowest BCUT2D eigenvalue weighted by Crippen LogP contribution is -2.45. The molecule has 1 heterocycles. The van der Waals surface area contributed by atoms with E-state index in [1.807, 2.05) is 0 Å². The monoisotopic (exact) mass is 409 g/mol. The fourth-order valence-electron chi connectivity index (χ4n) is 2.48. The summed E-state index contributed by atoms with van der Waals surface area (Å²) in [6.07, 6.45) is 0.795. The van der Waals surface area contributed by atoms with Gasteiger partial charge in [0, 0.05) is 18.7 Å². The van der Waals surface area contributed by atoms with Crippen molar-refractivity contribution in [3.63, 3.8) is 0 Å². The standard InChI is InChI=1S/C16H18F3NO6S/c1-3-25-15(21)14-10-13(26-27(22,23)16(17,18)19)8-9-20(14)11-4-6-12(24-2)7-5-11/h4-8,14H,3,9-10H2,1-2H3. The molecule has 0 fully saturated rings. The quantitative estimate of drug-likeness (QED) is 0.406. The van der Waals surface area contributed by atoms with Crippen molar-refractivity contribution in [1.29, 1.82) is 0 Å². The number of nitrogens with zero attached hydrogens (tertiary/aromatic N) is 1. The lowest BCUT2D eigenvalue weighted by atomic mass is 10.1. The smallest absolute Gasteiger partial charge is 0.497 e. The van der Waals surface area contributed by atoms with Gasteiger partial charge in [-0.1, -0.05) is 0 Å². The maximum Gasteiger partial charge on any atom is 0.534 e. The van der Waals surface area contributed by atoms with Gasteiger partial charge in [-0.3, -0.25) is 0 Å². The third kappa shape index (κ3) is 4.85. The zero-order valence-electron chi connectivity index (χ0n) is 14.5. The Labute approximate surface area is 154 Å². The maximum atomic E-state index is 12.5. The summed E-state index contributed by atoms with van der Waals surface area (Å²) in [6.45, 7) is 1.60. The molecule has 11 heteroatoms.